The van der Waals surface area contributed by atoms with Crippen LogP contribution in [0.4, 0.5) is 0 Å². The number of aromatic amines is 1. The summed E-state index contributed by atoms with van der Waals surface area (Å²) in [5.74, 6) is -5.25. The van der Waals surface area contributed by atoms with Gasteiger partial charge in [0.05, 0.1) is 18.2 Å². The minimum atomic E-state index is -1.77. The minimum Gasteiger partial charge on any atom is -0.508 e. The summed E-state index contributed by atoms with van der Waals surface area (Å²) in [5.41, 5.74) is 8.34. The highest BCUT2D eigenvalue weighted by atomic mass is 16.4. The number of unbranched alkanes of at least 4 members (excludes halogenated alkanes) is 1. The monoisotopic (exact) mass is 870 g/mol. The average molecular weight is 871 g/mol. The van der Waals surface area contributed by atoms with Crippen LogP contribution in [-0.2, 0) is 48.0 Å². The second-order valence-corrected chi connectivity index (χ2v) is 15.9. The van der Waals surface area contributed by atoms with Crippen molar-refractivity contribution < 1.29 is 49.2 Å². The van der Waals surface area contributed by atoms with E-state index < -0.39 is 90.5 Å². The Morgan fingerprint density at radius 2 is 1.32 bits per heavy atom. The first kappa shape index (κ1) is 47.7. The van der Waals surface area contributed by atoms with E-state index in [1.807, 2.05) is 24.3 Å². The summed E-state index contributed by atoms with van der Waals surface area (Å²) < 4.78 is 0. The van der Waals surface area contributed by atoms with Gasteiger partial charge in [0.15, 0.2) is 0 Å². The summed E-state index contributed by atoms with van der Waals surface area (Å²) in [7, 11) is 1.30. The number of carbonyl (C=O) groups excluding carboxylic acids is 5. The Hall–Kier alpha value is -6.34. The zero-order chi connectivity index (χ0) is 45.6. The number of carbonyl (C=O) groups is 6. The van der Waals surface area contributed by atoms with Gasteiger partial charge in [0, 0.05) is 43.4 Å². The van der Waals surface area contributed by atoms with Crippen molar-refractivity contribution in [2.75, 3.05) is 13.6 Å². The number of H-pyrrole nitrogens is 1. The summed E-state index contributed by atoms with van der Waals surface area (Å²) in [4.78, 5) is 88.3. The van der Waals surface area contributed by atoms with Gasteiger partial charge in [-0.25, -0.2) is 0 Å². The van der Waals surface area contributed by atoms with Crippen LogP contribution in [0.5, 0.6) is 5.75 Å². The average Bonchev–Trinajstić information content (AvgIpc) is 3.67. The Balaban J connectivity index is 1.61. The molecule has 338 valence electrons. The van der Waals surface area contributed by atoms with Gasteiger partial charge in [-0.15, -0.1) is 0 Å². The van der Waals surface area contributed by atoms with Crippen LogP contribution in [-0.4, -0.2) is 128 Å². The summed E-state index contributed by atoms with van der Waals surface area (Å²) in [6, 6.07) is 13.8. The molecule has 1 aliphatic rings. The topological polar surface area (TPSA) is 289 Å². The molecular weight excluding hydrogens is 813 g/mol. The largest absolute Gasteiger partial charge is 0.508 e. The van der Waals surface area contributed by atoms with Gasteiger partial charge >= 0.3 is 5.97 Å². The molecule has 1 fully saturated rings. The van der Waals surface area contributed by atoms with Crippen LogP contribution in [0, 0.1) is 0 Å². The molecule has 1 saturated heterocycles. The molecule has 5 amide bonds. The van der Waals surface area contributed by atoms with E-state index in [-0.39, 0.29) is 37.9 Å². The number of aliphatic hydroxyl groups excluding tert-OH is 2. The van der Waals surface area contributed by atoms with Gasteiger partial charge < -0.3 is 57.3 Å². The van der Waals surface area contributed by atoms with Crippen LogP contribution in [0.15, 0.2) is 85.1 Å². The van der Waals surface area contributed by atoms with Gasteiger partial charge in [-0.3, -0.25) is 34.1 Å². The third-order valence-corrected chi connectivity index (χ3v) is 11.2. The van der Waals surface area contributed by atoms with Crippen molar-refractivity contribution in [2.45, 2.75) is 107 Å². The van der Waals surface area contributed by atoms with Crippen molar-refractivity contribution in [2.24, 2.45) is 5.73 Å². The number of rotatable bonds is 14. The maximum atomic E-state index is 14.6. The predicted octanol–water partition coefficient (Wildman–Crippen LogP) is 0.332. The van der Waals surface area contributed by atoms with Crippen LogP contribution < -0.4 is 32.3 Å². The molecule has 8 atom stereocenters. The van der Waals surface area contributed by atoms with Crippen molar-refractivity contribution >= 4 is 46.4 Å². The molecule has 4 aromatic rings. The fraction of sp³-hybridized carbons (Fsp3) is 0.422. The molecule has 5 rings (SSSR count). The lowest BCUT2D eigenvalue weighted by atomic mass is 9.99. The molecular formula is C45H58N8O10. The van der Waals surface area contributed by atoms with E-state index in [0.717, 1.165) is 15.8 Å². The SMILES string of the molecule is C[C@@H](O)[C@@H]1NC(=O)[C@H](CCCCN)NC(=O)[C@@H](Cc2c[nH]c3ccccc23)NC(=O)[C@H](Cc2ccc(O)cc2)NC(=O)[C@H](CCC(=O)O)N(C)C(=O)[C@H](Cc2ccccc2)NC1O. The second-order valence-electron chi connectivity index (χ2n) is 15.9. The molecule has 18 nitrogen and oxygen atoms in total. The number of carboxylic acid groups (broad SMARTS) is 1. The maximum absolute atomic E-state index is 14.6. The summed E-state index contributed by atoms with van der Waals surface area (Å²) >= 11 is 0. The number of hydrogen-bond acceptors (Lipinski definition) is 11. The number of aromatic hydroxyl groups is 1. The molecule has 1 aromatic heterocycles. The Morgan fingerprint density at radius 3 is 1.98 bits per heavy atom. The van der Waals surface area contributed by atoms with E-state index in [0.29, 0.717) is 36.1 Å². The fourth-order valence-corrected chi connectivity index (χ4v) is 7.65. The number of nitrogens with two attached hydrogens (primary N) is 1. The van der Waals surface area contributed by atoms with Crippen LogP contribution in [0.25, 0.3) is 10.9 Å². The number of benzene rings is 3. The first-order valence-corrected chi connectivity index (χ1v) is 21.0. The van der Waals surface area contributed by atoms with Crippen LogP contribution in [0.3, 0.4) is 0 Å². The number of fused-ring (bicyclic) bond motifs is 1. The van der Waals surface area contributed by atoms with Crippen molar-refractivity contribution in [1.29, 1.82) is 0 Å². The van der Waals surface area contributed by atoms with E-state index in [4.69, 9.17) is 5.73 Å². The van der Waals surface area contributed by atoms with Crippen molar-refractivity contribution in [3.8, 4) is 5.75 Å². The third kappa shape index (κ3) is 13.3. The van der Waals surface area contributed by atoms with Gasteiger partial charge in [0.2, 0.25) is 29.5 Å². The lowest BCUT2D eigenvalue weighted by Crippen LogP contribution is -2.64. The molecule has 0 saturated carbocycles. The number of amides is 5. The number of para-hydroxylation sites is 1. The quantitative estimate of drug-likeness (QED) is 0.0765. The molecule has 1 aliphatic heterocycles. The Labute approximate surface area is 365 Å². The van der Waals surface area contributed by atoms with Crippen LogP contribution >= 0.6 is 0 Å². The molecule has 18 heteroatoms. The molecule has 3 aromatic carbocycles. The number of hydrogen-bond donors (Lipinski definition) is 11. The molecule has 0 radical (unpaired) electrons. The van der Waals surface area contributed by atoms with E-state index in [9.17, 15) is 49.2 Å². The maximum Gasteiger partial charge on any atom is 0.303 e. The van der Waals surface area contributed by atoms with Crippen molar-refractivity contribution in [1.82, 2.24) is 36.5 Å². The van der Waals surface area contributed by atoms with Crippen molar-refractivity contribution in [3.63, 3.8) is 0 Å². The number of likely N-dealkylation sites (N-methyl/N-ethyl adjacent to an activating group) is 1. The van der Waals surface area contributed by atoms with Gasteiger partial charge in [0.1, 0.15) is 36.1 Å². The Morgan fingerprint density at radius 1 is 0.730 bits per heavy atom. The molecule has 0 aliphatic carbocycles. The van der Waals surface area contributed by atoms with E-state index >= 15 is 0 Å². The van der Waals surface area contributed by atoms with Gasteiger partial charge in [0.25, 0.3) is 0 Å². The number of aliphatic hydroxyl groups is 2. The normalized spacial score (nSPS) is 23.8. The van der Waals surface area contributed by atoms with Crippen LogP contribution in [0.1, 0.15) is 55.7 Å². The zero-order valence-electron chi connectivity index (χ0n) is 35.3. The fourth-order valence-electron chi connectivity index (χ4n) is 7.65. The molecule has 2 heterocycles. The number of phenols is 1. The zero-order valence-corrected chi connectivity index (χ0v) is 35.3. The first-order valence-electron chi connectivity index (χ1n) is 21.0. The first-order chi connectivity index (χ1) is 30.1. The number of aromatic nitrogens is 1. The molecule has 0 spiro atoms. The number of nitrogens with one attached hydrogen (secondary N) is 6. The number of phenolic OH excluding ortho intramolecular Hbond substituents is 1. The summed E-state index contributed by atoms with van der Waals surface area (Å²) in [6.45, 7) is 1.63. The van der Waals surface area contributed by atoms with Gasteiger partial charge in [-0.1, -0.05) is 60.7 Å². The van der Waals surface area contributed by atoms with E-state index in [2.05, 4.69) is 31.6 Å². The second kappa shape index (κ2) is 22.7. The molecule has 12 N–H and O–H groups in total. The van der Waals surface area contributed by atoms with Gasteiger partial charge in [-0.2, -0.15) is 0 Å². The highest BCUT2D eigenvalue weighted by Crippen LogP contribution is 2.21. The van der Waals surface area contributed by atoms with E-state index in [1.165, 1.54) is 26.1 Å². The number of aliphatic carboxylic acids is 1. The lowest BCUT2D eigenvalue weighted by Gasteiger charge is -2.35. The third-order valence-electron chi connectivity index (χ3n) is 11.2. The van der Waals surface area contributed by atoms with Crippen LogP contribution in [0.2, 0.25) is 0 Å². The van der Waals surface area contributed by atoms with Crippen molar-refractivity contribution in [3.05, 3.63) is 102 Å². The van der Waals surface area contributed by atoms with E-state index in [1.54, 1.807) is 48.7 Å². The molecule has 1 unspecified atom stereocenters. The number of carboxylic acids is 1. The minimum absolute atomic E-state index is 0.0453. The summed E-state index contributed by atoms with van der Waals surface area (Å²) in [6.07, 6.45) is -1.66. The molecule has 63 heavy (non-hydrogen) atoms. The highest BCUT2D eigenvalue weighted by molar-refractivity contribution is 5.97. The Kier molecular flexibility index (Phi) is 17.2. The smallest absolute Gasteiger partial charge is 0.303 e. The Bertz CT molecular complexity index is 2180. The summed E-state index contributed by atoms with van der Waals surface area (Å²) in [5, 5.41) is 56.8. The predicted molar refractivity (Wildman–Crippen MR) is 233 cm³/mol. The standard InChI is InChI=1S/C45H58N8O10/c1-26(54)39-44(62)51-36(23-27-10-4-3-5-11-27)45(63)53(2)37(19-20-38(56)57)43(61)50-34(22-28-15-17-30(55)18-16-28)41(59)49-35(24-29-25-47-32-13-7-6-12-31(29)32)42(60)48-33(40(58)52-39)14-8-9-21-46/h3-7,10-13,15-18,25-26,33-37,39,44,47,51,54-55,62H,8-9,14,19-24,46H2,1-2H3,(H,48,60)(H,49,59)(H,50,61)(H,52,58)(H,56,57)/t26-,33+,34+,35-,36+,37+,39+,44?/m1/s1. The lowest BCUT2D eigenvalue weighted by molar-refractivity contribution is -0.144. The highest BCUT2D eigenvalue weighted by Gasteiger charge is 2.38. The van der Waals surface area contributed by atoms with Gasteiger partial charge in [-0.05, 0) is 80.5 Å². The molecule has 0 bridgehead atoms. The number of nitrogens with zero attached hydrogens (tertiary/aromatic N) is 1.